The molecule has 0 fully saturated rings. The molecule has 21 heavy (non-hydrogen) atoms. The lowest BCUT2D eigenvalue weighted by molar-refractivity contribution is -0.120. The molecule has 0 spiro atoms. The molecule has 0 bridgehead atoms. The first-order chi connectivity index (χ1) is 10.1. The summed E-state index contributed by atoms with van der Waals surface area (Å²) in [5.41, 5.74) is 0. The van der Waals surface area contributed by atoms with E-state index in [-0.39, 0.29) is 5.91 Å². The lowest BCUT2D eigenvalue weighted by Gasteiger charge is -2.11. The second kappa shape index (κ2) is 10.0. The van der Waals surface area contributed by atoms with Crippen molar-refractivity contribution in [2.75, 3.05) is 54.0 Å². The van der Waals surface area contributed by atoms with Crippen LogP contribution in [0.4, 0.5) is 0 Å². The summed E-state index contributed by atoms with van der Waals surface area (Å²) in [6.45, 7) is 2.96. The van der Waals surface area contributed by atoms with Crippen LogP contribution in [0.25, 0.3) is 0 Å². The number of nitrogens with one attached hydrogen (secondary N) is 2. The number of benzene rings is 1. The molecule has 0 heterocycles. The Morgan fingerprint density at radius 1 is 1.14 bits per heavy atom. The molecule has 0 radical (unpaired) electrons. The molecule has 0 aliphatic rings. The Labute approximate surface area is 126 Å². The smallest absolute Gasteiger partial charge is 0.234 e. The monoisotopic (exact) mass is 295 g/mol. The first-order valence-electron chi connectivity index (χ1n) is 7.01. The van der Waals surface area contributed by atoms with Gasteiger partial charge < -0.3 is 25.0 Å². The van der Waals surface area contributed by atoms with Crippen LogP contribution in [0.2, 0.25) is 0 Å². The van der Waals surface area contributed by atoms with Gasteiger partial charge in [-0.1, -0.05) is 0 Å². The van der Waals surface area contributed by atoms with Crippen LogP contribution < -0.4 is 20.1 Å². The normalized spacial score (nSPS) is 10.5. The Morgan fingerprint density at radius 3 is 2.43 bits per heavy atom. The molecule has 1 aromatic carbocycles. The van der Waals surface area contributed by atoms with Gasteiger partial charge in [0.15, 0.2) is 0 Å². The third-order valence-corrected chi connectivity index (χ3v) is 2.77. The van der Waals surface area contributed by atoms with Gasteiger partial charge in [0.05, 0.1) is 20.2 Å². The zero-order chi connectivity index (χ0) is 15.5. The van der Waals surface area contributed by atoms with Gasteiger partial charge in [-0.25, -0.2) is 0 Å². The fraction of sp³-hybridized carbons (Fsp3) is 0.533. The van der Waals surface area contributed by atoms with Gasteiger partial charge in [-0.15, -0.1) is 0 Å². The minimum Gasteiger partial charge on any atom is -0.497 e. The fourth-order valence-electron chi connectivity index (χ4n) is 1.60. The molecule has 0 aliphatic heterocycles. The Balaban J connectivity index is 2.06. The minimum absolute atomic E-state index is 0.0212. The van der Waals surface area contributed by atoms with Crippen molar-refractivity contribution >= 4 is 5.91 Å². The summed E-state index contributed by atoms with van der Waals surface area (Å²) in [6.07, 6.45) is 0. The van der Waals surface area contributed by atoms with Crippen LogP contribution in [-0.2, 0) is 4.79 Å². The molecule has 0 aromatic heterocycles. The van der Waals surface area contributed by atoms with Crippen molar-refractivity contribution in [3.63, 3.8) is 0 Å². The fourth-order valence-corrected chi connectivity index (χ4v) is 1.60. The number of likely N-dealkylation sites (N-methyl/N-ethyl adjacent to an activating group) is 1. The molecular weight excluding hydrogens is 270 g/mol. The van der Waals surface area contributed by atoms with Gasteiger partial charge in [0, 0.05) is 13.1 Å². The first-order valence-corrected chi connectivity index (χ1v) is 7.01. The lowest BCUT2D eigenvalue weighted by atomic mass is 10.3. The highest BCUT2D eigenvalue weighted by molar-refractivity contribution is 5.77. The maximum Gasteiger partial charge on any atom is 0.234 e. The molecule has 0 saturated heterocycles. The number of carbonyl (C=O) groups is 1. The van der Waals surface area contributed by atoms with E-state index in [2.05, 4.69) is 15.5 Å². The standard InChI is InChI=1S/C15H25N3O3/c1-18(2)10-8-16-12-15(19)17-9-11-21-14-6-4-13(20-3)5-7-14/h4-7,16H,8-12H2,1-3H3,(H,17,19). The molecule has 1 rings (SSSR count). The maximum atomic E-state index is 11.5. The summed E-state index contributed by atoms with van der Waals surface area (Å²) >= 11 is 0. The number of rotatable bonds is 10. The van der Waals surface area contributed by atoms with E-state index in [1.807, 2.05) is 38.4 Å². The Kier molecular flexibility index (Phi) is 8.23. The molecular formula is C15H25N3O3. The molecule has 1 aromatic rings. The Hall–Kier alpha value is -1.79. The van der Waals surface area contributed by atoms with E-state index < -0.39 is 0 Å². The quantitative estimate of drug-likeness (QED) is 0.610. The second-order valence-corrected chi connectivity index (χ2v) is 4.85. The average Bonchev–Trinajstić information content (AvgIpc) is 2.48. The van der Waals surface area contributed by atoms with E-state index >= 15 is 0 Å². The van der Waals surface area contributed by atoms with Gasteiger partial charge >= 0.3 is 0 Å². The maximum absolute atomic E-state index is 11.5. The molecule has 0 aliphatic carbocycles. The van der Waals surface area contributed by atoms with Gasteiger partial charge in [-0.3, -0.25) is 4.79 Å². The molecule has 6 heteroatoms. The van der Waals surface area contributed by atoms with Gasteiger partial charge in [0.25, 0.3) is 0 Å². The SMILES string of the molecule is COc1ccc(OCCNC(=O)CNCCN(C)C)cc1. The molecule has 2 N–H and O–H groups in total. The first kappa shape index (κ1) is 17.3. The number of carbonyl (C=O) groups excluding carboxylic acids is 1. The van der Waals surface area contributed by atoms with Gasteiger partial charge in [-0.05, 0) is 38.4 Å². The average molecular weight is 295 g/mol. The van der Waals surface area contributed by atoms with E-state index in [1.165, 1.54) is 0 Å². The molecule has 0 saturated carbocycles. The highest BCUT2D eigenvalue weighted by Gasteiger charge is 2.00. The van der Waals surface area contributed by atoms with Gasteiger partial charge in [0.1, 0.15) is 18.1 Å². The molecule has 118 valence electrons. The topological polar surface area (TPSA) is 62.8 Å². The largest absolute Gasteiger partial charge is 0.497 e. The zero-order valence-electron chi connectivity index (χ0n) is 13.0. The predicted molar refractivity (Wildman–Crippen MR) is 82.9 cm³/mol. The van der Waals surface area contributed by atoms with Crippen molar-refractivity contribution in [2.24, 2.45) is 0 Å². The van der Waals surface area contributed by atoms with E-state index in [4.69, 9.17) is 9.47 Å². The van der Waals surface area contributed by atoms with Crippen LogP contribution >= 0.6 is 0 Å². The number of hydrogen-bond acceptors (Lipinski definition) is 5. The Morgan fingerprint density at radius 2 is 1.81 bits per heavy atom. The minimum atomic E-state index is -0.0212. The summed E-state index contributed by atoms with van der Waals surface area (Å²) in [4.78, 5) is 13.6. The molecule has 6 nitrogen and oxygen atoms in total. The van der Waals surface area contributed by atoms with E-state index in [0.717, 1.165) is 24.6 Å². The summed E-state index contributed by atoms with van der Waals surface area (Å²) in [6, 6.07) is 7.35. The Bertz CT molecular complexity index is 407. The van der Waals surface area contributed by atoms with Crippen LogP contribution in [0.15, 0.2) is 24.3 Å². The van der Waals surface area contributed by atoms with Crippen molar-refractivity contribution in [3.8, 4) is 11.5 Å². The van der Waals surface area contributed by atoms with Gasteiger partial charge in [0.2, 0.25) is 5.91 Å². The number of ether oxygens (including phenoxy) is 2. The van der Waals surface area contributed by atoms with E-state index in [1.54, 1.807) is 7.11 Å². The van der Waals surface area contributed by atoms with Crippen molar-refractivity contribution in [1.29, 1.82) is 0 Å². The summed E-state index contributed by atoms with van der Waals surface area (Å²) in [5, 5.41) is 5.88. The van der Waals surface area contributed by atoms with Crippen molar-refractivity contribution in [2.45, 2.75) is 0 Å². The van der Waals surface area contributed by atoms with E-state index in [0.29, 0.717) is 19.7 Å². The lowest BCUT2D eigenvalue weighted by Crippen LogP contribution is -2.38. The van der Waals surface area contributed by atoms with Crippen LogP contribution in [-0.4, -0.2) is 64.8 Å². The second-order valence-electron chi connectivity index (χ2n) is 4.85. The summed E-state index contributed by atoms with van der Waals surface area (Å²) in [7, 11) is 5.62. The number of hydrogen-bond donors (Lipinski definition) is 2. The highest BCUT2D eigenvalue weighted by Crippen LogP contribution is 2.16. The van der Waals surface area contributed by atoms with Crippen LogP contribution in [0, 0.1) is 0 Å². The third-order valence-electron chi connectivity index (χ3n) is 2.77. The van der Waals surface area contributed by atoms with Crippen LogP contribution in [0.1, 0.15) is 0 Å². The highest BCUT2D eigenvalue weighted by atomic mass is 16.5. The van der Waals surface area contributed by atoms with Crippen molar-refractivity contribution < 1.29 is 14.3 Å². The number of nitrogens with zero attached hydrogens (tertiary/aromatic N) is 1. The molecule has 0 atom stereocenters. The third kappa shape index (κ3) is 8.16. The van der Waals surface area contributed by atoms with Gasteiger partial charge in [-0.2, -0.15) is 0 Å². The van der Waals surface area contributed by atoms with Crippen LogP contribution in [0.5, 0.6) is 11.5 Å². The molecule has 0 unspecified atom stereocenters. The summed E-state index contributed by atoms with van der Waals surface area (Å²) in [5.74, 6) is 1.53. The van der Waals surface area contributed by atoms with Crippen molar-refractivity contribution in [1.82, 2.24) is 15.5 Å². The van der Waals surface area contributed by atoms with Crippen molar-refractivity contribution in [3.05, 3.63) is 24.3 Å². The predicted octanol–water partition coefficient (Wildman–Crippen LogP) is 0.341. The molecule has 1 amide bonds. The number of amides is 1. The number of methoxy groups -OCH3 is 1. The van der Waals surface area contributed by atoms with E-state index in [9.17, 15) is 4.79 Å². The zero-order valence-corrected chi connectivity index (χ0v) is 13.0. The summed E-state index contributed by atoms with van der Waals surface area (Å²) < 4.78 is 10.6. The van der Waals surface area contributed by atoms with Crippen LogP contribution in [0.3, 0.4) is 0 Å².